The van der Waals surface area contributed by atoms with E-state index in [-0.39, 0.29) is 18.0 Å². The van der Waals surface area contributed by atoms with Crippen LogP contribution < -0.4 is 5.32 Å². The van der Waals surface area contributed by atoms with E-state index in [4.69, 9.17) is 4.74 Å². The summed E-state index contributed by atoms with van der Waals surface area (Å²) in [6.07, 6.45) is -4.29. The number of nitrogens with zero attached hydrogens (tertiary/aromatic N) is 1. The maximum atomic E-state index is 14.0. The first kappa shape index (κ1) is 34.6. The number of alkyl halides is 6. The molecule has 0 saturated carbocycles. The molecule has 1 N–H and O–H groups in total. The largest absolute Gasteiger partial charge is 0.469 e. The molecule has 3 aromatic rings. The van der Waals surface area contributed by atoms with Crippen LogP contribution in [0.2, 0.25) is 0 Å². The minimum Gasteiger partial charge on any atom is -0.469 e. The third-order valence-corrected chi connectivity index (χ3v) is 8.36. The summed E-state index contributed by atoms with van der Waals surface area (Å²) in [5.41, 5.74) is -1.44. The Morgan fingerprint density at radius 3 is 2.11 bits per heavy atom. The maximum absolute atomic E-state index is 14.0. The zero-order valence-electron chi connectivity index (χ0n) is 25.6. The zero-order valence-corrected chi connectivity index (χ0v) is 25.6. The minimum atomic E-state index is -5.06. The molecular formula is C34H33F7N2O3. The van der Waals surface area contributed by atoms with Gasteiger partial charge < -0.3 is 10.1 Å². The topological polar surface area (TPSA) is 68.3 Å². The van der Waals surface area contributed by atoms with E-state index in [0.29, 0.717) is 59.5 Å². The van der Waals surface area contributed by atoms with Crippen molar-refractivity contribution in [3.63, 3.8) is 0 Å². The number of ketones is 1. The number of aromatic nitrogens is 1. The highest BCUT2D eigenvalue weighted by Gasteiger charge is 2.40. The number of esters is 1. The first-order valence-corrected chi connectivity index (χ1v) is 14.5. The number of methoxy groups -OCH3 is 1. The molecule has 1 unspecified atom stereocenters. The molecule has 1 atom stereocenters. The molecule has 4 rings (SSSR count). The van der Waals surface area contributed by atoms with Gasteiger partial charge in [0, 0.05) is 12.0 Å². The average Bonchev–Trinajstić information content (AvgIpc) is 2.99. The predicted molar refractivity (Wildman–Crippen MR) is 159 cm³/mol. The summed E-state index contributed by atoms with van der Waals surface area (Å²) >= 11 is 0. The van der Waals surface area contributed by atoms with Crippen molar-refractivity contribution in [2.24, 2.45) is 5.92 Å². The first-order chi connectivity index (χ1) is 21.4. The lowest BCUT2D eigenvalue weighted by atomic mass is 9.79. The fourth-order valence-corrected chi connectivity index (χ4v) is 5.42. The summed E-state index contributed by atoms with van der Waals surface area (Å²) in [6.45, 7) is 3.79. The Hall–Kier alpha value is -4.22. The molecule has 0 aliphatic heterocycles. The number of hydrogen-bond donors (Lipinski definition) is 1. The Kier molecular flexibility index (Phi) is 9.98. The summed E-state index contributed by atoms with van der Waals surface area (Å²) in [7, 11) is 1.34. The van der Waals surface area contributed by atoms with Gasteiger partial charge in [0.25, 0.3) is 0 Å². The third-order valence-electron chi connectivity index (χ3n) is 8.36. The van der Waals surface area contributed by atoms with Gasteiger partial charge in [-0.05, 0) is 105 Å². The summed E-state index contributed by atoms with van der Waals surface area (Å²) < 4.78 is 99.7. The quantitative estimate of drug-likeness (QED) is 0.185. The number of aryl methyl sites for hydroxylation is 1. The van der Waals surface area contributed by atoms with E-state index >= 15 is 0 Å². The van der Waals surface area contributed by atoms with Crippen molar-refractivity contribution >= 4 is 23.0 Å². The minimum absolute atomic E-state index is 0.0217. The number of hydrogen-bond acceptors (Lipinski definition) is 5. The number of ether oxygens (including phenoxy) is 1. The number of allylic oxidation sites excluding steroid dienone is 2. The summed E-state index contributed by atoms with van der Waals surface area (Å²) in [4.78, 5) is 29.7. The molecule has 0 fully saturated rings. The van der Waals surface area contributed by atoms with Gasteiger partial charge in [0.05, 0.1) is 47.8 Å². The molecule has 1 aliphatic carbocycles. The van der Waals surface area contributed by atoms with Gasteiger partial charge in [0.15, 0.2) is 5.78 Å². The van der Waals surface area contributed by atoms with Crippen LogP contribution in [0, 0.1) is 18.7 Å². The monoisotopic (exact) mass is 650 g/mol. The fraction of sp³-hybridized carbons (Fsp3) is 0.382. The van der Waals surface area contributed by atoms with Gasteiger partial charge in [0.1, 0.15) is 5.82 Å². The highest BCUT2D eigenvalue weighted by Crippen LogP contribution is 2.40. The molecular weight excluding hydrogens is 617 g/mol. The lowest BCUT2D eigenvalue weighted by molar-refractivity contribution is -0.144. The molecule has 2 aromatic carbocycles. The van der Waals surface area contributed by atoms with E-state index in [9.17, 15) is 40.3 Å². The van der Waals surface area contributed by atoms with Crippen LogP contribution in [-0.4, -0.2) is 30.4 Å². The number of carbonyl (C=O) groups is 2. The van der Waals surface area contributed by atoms with Gasteiger partial charge in [-0.2, -0.15) is 26.3 Å². The number of halogens is 7. The number of Topliss-reactive ketones (excluding diaryl/α,β-unsaturated/α-hetero) is 1. The number of nitrogens with one attached hydrogen (secondary N) is 1. The SMILES string of the molecule is COC(=O)CC1CC=C(c2cc(-c3ccc(F)cc3C)c(NCC(=O)C(C)(C)c3cc(C(F)(F)F)cc(C(F)(F)F)c3)cn2)CC1. The first-order valence-electron chi connectivity index (χ1n) is 14.5. The van der Waals surface area contributed by atoms with Crippen LogP contribution in [0.1, 0.15) is 67.5 Å². The van der Waals surface area contributed by atoms with Crippen molar-refractivity contribution < 1.29 is 45.1 Å². The number of carbonyl (C=O) groups excluding carboxylic acids is 2. The lowest BCUT2D eigenvalue weighted by Gasteiger charge is -2.27. The van der Waals surface area contributed by atoms with Crippen LogP contribution in [0.4, 0.5) is 36.4 Å². The van der Waals surface area contributed by atoms with E-state index in [1.165, 1.54) is 39.3 Å². The Morgan fingerprint density at radius 1 is 0.935 bits per heavy atom. The molecule has 1 heterocycles. The smallest absolute Gasteiger partial charge is 0.416 e. The molecule has 0 bridgehead atoms. The molecule has 0 spiro atoms. The van der Waals surface area contributed by atoms with Crippen LogP contribution in [0.25, 0.3) is 16.7 Å². The van der Waals surface area contributed by atoms with Crippen LogP contribution in [-0.2, 0) is 32.1 Å². The highest BCUT2D eigenvalue weighted by molar-refractivity contribution is 5.94. The second kappa shape index (κ2) is 13.3. The molecule has 5 nitrogen and oxygen atoms in total. The van der Waals surface area contributed by atoms with Crippen LogP contribution >= 0.6 is 0 Å². The third kappa shape index (κ3) is 7.94. The van der Waals surface area contributed by atoms with Gasteiger partial charge in [-0.3, -0.25) is 14.6 Å². The van der Waals surface area contributed by atoms with Gasteiger partial charge in [-0.25, -0.2) is 4.39 Å². The summed E-state index contributed by atoms with van der Waals surface area (Å²) in [5.74, 6) is -1.27. The van der Waals surface area contributed by atoms with Crippen molar-refractivity contribution in [1.82, 2.24) is 4.98 Å². The van der Waals surface area contributed by atoms with Crippen molar-refractivity contribution in [2.45, 2.75) is 64.2 Å². The maximum Gasteiger partial charge on any atom is 0.416 e. The zero-order chi connectivity index (χ0) is 34.0. The van der Waals surface area contributed by atoms with Crippen molar-refractivity contribution in [3.05, 3.63) is 88.5 Å². The highest BCUT2D eigenvalue weighted by atomic mass is 19.4. The van der Waals surface area contributed by atoms with E-state index in [2.05, 4.69) is 10.3 Å². The molecule has 12 heteroatoms. The van der Waals surface area contributed by atoms with Crippen LogP contribution in [0.5, 0.6) is 0 Å². The summed E-state index contributed by atoms with van der Waals surface area (Å²) in [5, 5.41) is 2.96. The second-order valence-corrected chi connectivity index (χ2v) is 11.9. The molecule has 0 amide bonds. The lowest BCUT2D eigenvalue weighted by Crippen LogP contribution is -2.35. The normalized spacial score (nSPS) is 15.7. The molecule has 0 saturated heterocycles. The van der Waals surface area contributed by atoms with Crippen LogP contribution in [0.3, 0.4) is 0 Å². The van der Waals surface area contributed by atoms with Gasteiger partial charge >= 0.3 is 18.3 Å². The van der Waals surface area contributed by atoms with E-state index in [0.717, 1.165) is 12.0 Å². The number of benzene rings is 2. The van der Waals surface area contributed by atoms with E-state index in [1.54, 1.807) is 19.1 Å². The summed E-state index contributed by atoms with van der Waals surface area (Å²) in [6, 6.07) is 7.12. The van der Waals surface area contributed by atoms with Gasteiger partial charge in [-0.15, -0.1) is 0 Å². The molecule has 1 aliphatic rings. The van der Waals surface area contributed by atoms with E-state index < -0.39 is 52.6 Å². The second-order valence-electron chi connectivity index (χ2n) is 11.9. The Morgan fingerprint density at radius 2 is 1.57 bits per heavy atom. The average molecular weight is 651 g/mol. The van der Waals surface area contributed by atoms with Gasteiger partial charge in [0.2, 0.25) is 0 Å². The molecule has 246 valence electrons. The molecule has 0 radical (unpaired) electrons. The number of anilines is 1. The van der Waals surface area contributed by atoms with Gasteiger partial charge in [-0.1, -0.05) is 12.1 Å². The number of rotatable bonds is 9. The Labute approximate surface area is 261 Å². The Balaban J connectivity index is 1.65. The fourth-order valence-electron chi connectivity index (χ4n) is 5.42. The van der Waals surface area contributed by atoms with Crippen molar-refractivity contribution in [2.75, 3.05) is 19.0 Å². The van der Waals surface area contributed by atoms with Crippen molar-refractivity contribution in [3.8, 4) is 11.1 Å². The standard InChI is InChI=1S/C34H33F7N2O3/c1-19-11-25(35)9-10-26(19)27-16-28(21-7-5-20(6-8-21)12-31(45)46-4)42-17-29(27)43-18-30(44)32(2,3)22-13-23(33(36,37)38)15-24(14-22)34(39,40)41/h7,9-11,13-17,20,43H,5-6,8,12,18H2,1-4H3. The Bertz CT molecular complexity index is 1630. The molecule has 46 heavy (non-hydrogen) atoms. The van der Waals surface area contributed by atoms with E-state index in [1.807, 2.05) is 6.08 Å². The van der Waals surface area contributed by atoms with Crippen LogP contribution in [0.15, 0.2) is 54.7 Å². The predicted octanol–water partition coefficient (Wildman–Crippen LogP) is 8.94. The van der Waals surface area contributed by atoms with Crippen molar-refractivity contribution in [1.29, 1.82) is 0 Å². The molecule has 1 aromatic heterocycles. The number of pyridine rings is 1.